The molecular formula is C16H20NO2. The normalized spacial score (nSPS) is 15.7. The maximum Gasteiger partial charge on any atom is 0.260 e. The van der Waals surface area contributed by atoms with Crippen molar-refractivity contribution >= 4 is 12.0 Å². The van der Waals surface area contributed by atoms with Gasteiger partial charge in [-0.05, 0) is 43.9 Å². The van der Waals surface area contributed by atoms with Gasteiger partial charge in [0.1, 0.15) is 5.75 Å². The SMILES string of the molecule is [CH2]/C=C/c1ccc(OCC(=O)N2CCCCC2)cc1. The largest absolute Gasteiger partial charge is 0.484 e. The Kier molecular flexibility index (Phi) is 5.01. The molecule has 0 saturated carbocycles. The zero-order valence-electron chi connectivity index (χ0n) is 11.2. The molecule has 3 nitrogen and oxygen atoms in total. The van der Waals surface area contributed by atoms with Crippen LogP contribution in [0.5, 0.6) is 5.75 Å². The highest BCUT2D eigenvalue weighted by molar-refractivity contribution is 5.77. The maximum atomic E-state index is 11.9. The number of piperidine rings is 1. The molecule has 0 aliphatic carbocycles. The molecule has 1 amide bonds. The maximum absolute atomic E-state index is 11.9. The van der Waals surface area contributed by atoms with Crippen molar-refractivity contribution in [1.82, 2.24) is 4.90 Å². The van der Waals surface area contributed by atoms with Gasteiger partial charge in [0, 0.05) is 13.1 Å². The summed E-state index contributed by atoms with van der Waals surface area (Å²) in [6.45, 7) is 5.52. The molecule has 1 aromatic carbocycles. The van der Waals surface area contributed by atoms with Crippen LogP contribution < -0.4 is 4.74 Å². The fourth-order valence-electron chi connectivity index (χ4n) is 2.19. The molecule has 0 atom stereocenters. The third-order valence-corrected chi connectivity index (χ3v) is 3.26. The first kappa shape index (κ1) is 13.7. The second-order valence-corrected chi connectivity index (χ2v) is 4.70. The smallest absolute Gasteiger partial charge is 0.260 e. The van der Waals surface area contributed by atoms with Gasteiger partial charge in [-0.15, -0.1) is 0 Å². The van der Waals surface area contributed by atoms with Gasteiger partial charge in [0.15, 0.2) is 6.61 Å². The Labute approximate surface area is 114 Å². The van der Waals surface area contributed by atoms with Crippen molar-refractivity contribution in [3.8, 4) is 5.75 Å². The van der Waals surface area contributed by atoms with E-state index in [1.54, 1.807) is 6.08 Å². The molecule has 1 fully saturated rings. The van der Waals surface area contributed by atoms with Gasteiger partial charge in [0.05, 0.1) is 0 Å². The molecule has 1 radical (unpaired) electrons. The van der Waals surface area contributed by atoms with Crippen LogP contribution in [0.4, 0.5) is 0 Å². The Bertz CT molecular complexity index is 431. The van der Waals surface area contributed by atoms with Crippen molar-refractivity contribution in [3.63, 3.8) is 0 Å². The fraction of sp³-hybridized carbons (Fsp3) is 0.375. The molecule has 1 aliphatic rings. The molecule has 2 rings (SSSR count). The van der Waals surface area contributed by atoms with Crippen LogP contribution in [-0.4, -0.2) is 30.5 Å². The highest BCUT2D eigenvalue weighted by atomic mass is 16.5. The topological polar surface area (TPSA) is 29.5 Å². The zero-order chi connectivity index (χ0) is 13.5. The molecule has 0 spiro atoms. The standard InChI is InChI=1S/C16H20NO2/c1-2-6-14-7-9-15(10-8-14)19-13-16(18)17-11-4-3-5-12-17/h2,6-10H,1,3-5,11-13H2/b6-2+. The number of benzene rings is 1. The van der Waals surface area contributed by atoms with Gasteiger partial charge < -0.3 is 9.64 Å². The van der Waals surface area contributed by atoms with E-state index in [2.05, 4.69) is 6.92 Å². The minimum absolute atomic E-state index is 0.0847. The van der Waals surface area contributed by atoms with E-state index in [-0.39, 0.29) is 12.5 Å². The average molecular weight is 258 g/mol. The van der Waals surface area contributed by atoms with Gasteiger partial charge in [0.2, 0.25) is 0 Å². The van der Waals surface area contributed by atoms with Crippen molar-refractivity contribution in [2.24, 2.45) is 0 Å². The minimum atomic E-state index is 0.0847. The lowest BCUT2D eigenvalue weighted by atomic mass is 10.1. The van der Waals surface area contributed by atoms with E-state index in [0.717, 1.165) is 37.2 Å². The van der Waals surface area contributed by atoms with Crippen LogP contribution in [0.3, 0.4) is 0 Å². The minimum Gasteiger partial charge on any atom is -0.484 e. The average Bonchev–Trinajstić information content (AvgIpc) is 2.47. The Morgan fingerprint density at radius 2 is 1.89 bits per heavy atom. The summed E-state index contributed by atoms with van der Waals surface area (Å²) in [6.07, 6.45) is 7.11. The molecule has 0 aromatic heterocycles. The van der Waals surface area contributed by atoms with Crippen molar-refractivity contribution in [3.05, 3.63) is 42.8 Å². The van der Waals surface area contributed by atoms with Crippen molar-refractivity contribution in [2.75, 3.05) is 19.7 Å². The summed E-state index contributed by atoms with van der Waals surface area (Å²) in [7, 11) is 0. The van der Waals surface area contributed by atoms with Crippen LogP contribution in [-0.2, 0) is 4.79 Å². The molecule has 0 N–H and O–H groups in total. The Morgan fingerprint density at radius 3 is 2.53 bits per heavy atom. The first-order valence-corrected chi connectivity index (χ1v) is 6.76. The number of carbonyl (C=O) groups excluding carboxylic acids is 1. The molecule has 1 saturated heterocycles. The van der Waals surface area contributed by atoms with E-state index in [1.807, 2.05) is 35.2 Å². The van der Waals surface area contributed by atoms with Crippen molar-refractivity contribution in [2.45, 2.75) is 19.3 Å². The van der Waals surface area contributed by atoms with Crippen LogP contribution in [0.2, 0.25) is 0 Å². The van der Waals surface area contributed by atoms with Crippen LogP contribution in [0, 0.1) is 6.92 Å². The number of ether oxygens (including phenoxy) is 1. The van der Waals surface area contributed by atoms with E-state index in [0.29, 0.717) is 0 Å². The van der Waals surface area contributed by atoms with Crippen molar-refractivity contribution < 1.29 is 9.53 Å². The number of carbonyl (C=O) groups is 1. The van der Waals surface area contributed by atoms with Gasteiger partial charge >= 0.3 is 0 Å². The highest BCUT2D eigenvalue weighted by Gasteiger charge is 2.16. The molecule has 1 aromatic rings. The second-order valence-electron chi connectivity index (χ2n) is 4.70. The van der Waals surface area contributed by atoms with Gasteiger partial charge in [0.25, 0.3) is 5.91 Å². The summed E-state index contributed by atoms with van der Waals surface area (Å²) in [5.41, 5.74) is 1.07. The van der Waals surface area contributed by atoms with Crippen LogP contribution >= 0.6 is 0 Å². The molecule has 3 heteroatoms. The number of amides is 1. The van der Waals surface area contributed by atoms with E-state index in [1.165, 1.54) is 6.42 Å². The van der Waals surface area contributed by atoms with Crippen LogP contribution in [0.15, 0.2) is 30.3 Å². The molecule has 101 valence electrons. The lowest BCUT2D eigenvalue weighted by molar-refractivity contribution is -0.134. The summed E-state index contributed by atoms with van der Waals surface area (Å²) < 4.78 is 5.52. The van der Waals surface area contributed by atoms with Gasteiger partial charge in [-0.2, -0.15) is 0 Å². The third kappa shape index (κ3) is 4.12. The number of allylic oxidation sites excluding steroid dienone is 1. The second kappa shape index (κ2) is 6.98. The summed E-state index contributed by atoms with van der Waals surface area (Å²) in [4.78, 5) is 13.8. The molecule has 19 heavy (non-hydrogen) atoms. The summed E-state index contributed by atoms with van der Waals surface area (Å²) >= 11 is 0. The molecule has 1 heterocycles. The Morgan fingerprint density at radius 1 is 1.21 bits per heavy atom. The van der Waals surface area contributed by atoms with Gasteiger partial charge in [-0.1, -0.05) is 24.3 Å². The van der Waals surface area contributed by atoms with E-state index in [4.69, 9.17) is 4.74 Å². The number of likely N-dealkylation sites (tertiary alicyclic amines) is 1. The van der Waals surface area contributed by atoms with E-state index in [9.17, 15) is 4.79 Å². The van der Waals surface area contributed by atoms with Crippen LogP contribution in [0.25, 0.3) is 6.08 Å². The first-order valence-electron chi connectivity index (χ1n) is 6.76. The number of hydrogen-bond acceptors (Lipinski definition) is 2. The highest BCUT2D eigenvalue weighted by Crippen LogP contribution is 2.14. The zero-order valence-corrected chi connectivity index (χ0v) is 11.2. The fourth-order valence-corrected chi connectivity index (χ4v) is 2.19. The summed E-state index contributed by atoms with van der Waals surface area (Å²) in [5.74, 6) is 0.813. The lowest BCUT2D eigenvalue weighted by Gasteiger charge is -2.26. The molecule has 0 bridgehead atoms. The molecule has 1 aliphatic heterocycles. The Hall–Kier alpha value is -1.77. The predicted molar refractivity (Wildman–Crippen MR) is 76.8 cm³/mol. The molecule has 0 unspecified atom stereocenters. The van der Waals surface area contributed by atoms with E-state index < -0.39 is 0 Å². The van der Waals surface area contributed by atoms with Crippen LogP contribution in [0.1, 0.15) is 24.8 Å². The van der Waals surface area contributed by atoms with Gasteiger partial charge in [-0.25, -0.2) is 0 Å². The third-order valence-electron chi connectivity index (χ3n) is 3.26. The monoisotopic (exact) mass is 258 g/mol. The quantitative estimate of drug-likeness (QED) is 0.831. The lowest BCUT2D eigenvalue weighted by Crippen LogP contribution is -2.38. The predicted octanol–water partition coefficient (Wildman–Crippen LogP) is 2.93. The Balaban J connectivity index is 1.82. The summed E-state index contributed by atoms with van der Waals surface area (Å²) in [5, 5.41) is 0. The number of hydrogen-bond donors (Lipinski definition) is 0. The number of rotatable bonds is 4. The first-order chi connectivity index (χ1) is 9.29. The van der Waals surface area contributed by atoms with Gasteiger partial charge in [-0.3, -0.25) is 4.79 Å². The number of nitrogens with zero attached hydrogens (tertiary/aromatic N) is 1. The summed E-state index contributed by atoms with van der Waals surface area (Å²) in [6, 6.07) is 7.64. The van der Waals surface area contributed by atoms with Crippen molar-refractivity contribution in [1.29, 1.82) is 0 Å². The van der Waals surface area contributed by atoms with E-state index >= 15 is 0 Å². The molecular weight excluding hydrogens is 238 g/mol.